The highest BCUT2D eigenvalue weighted by Gasteiger charge is 2.39. The molecule has 2 fully saturated rings. The fourth-order valence-corrected chi connectivity index (χ4v) is 5.68. The van der Waals surface area contributed by atoms with Gasteiger partial charge in [0.2, 0.25) is 0 Å². The minimum Gasteiger partial charge on any atom is -0.452 e. The smallest absolute Gasteiger partial charge is 0.340 e. The van der Waals surface area contributed by atoms with Crippen LogP contribution in [-0.4, -0.2) is 60.4 Å². The first-order valence-electron chi connectivity index (χ1n) is 8.76. The zero-order valence-electron chi connectivity index (χ0n) is 14.6. The van der Waals surface area contributed by atoms with E-state index < -0.39 is 22.4 Å². The summed E-state index contributed by atoms with van der Waals surface area (Å²) in [6, 6.07) is 0.971. The van der Waals surface area contributed by atoms with Crippen LogP contribution in [-0.2, 0) is 19.4 Å². The van der Waals surface area contributed by atoms with E-state index in [0.29, 0.717) is 6.42 Å². The molecule has 1 aromatic rings. The van der Waals surface area contributed by atoms with E-state index in [1.807, 2.05) is 0 Å². The van der Waals surface area contributed by atoms with Crippen LogP contribution in [0.4, 0.5) is 0 Å². The van der Waals surface area contributed by atoms with E-state index in [1.165, 1.54) is 12.3 Å². The van der Waals surface area contributed by atoms with Crippen molar-refractivity contribution in [1.29, 1.82) is 0 Å². The molecule has 1 saturated carbocycles. The minimum absolute atomic E-state index is 0.00106. The van der Waals surface area contributed by atoms with E-state index in [4.69, 9.17) is 27.9 Å². The first-order valence-corrected chi connectivity index (χ1v) is 11.3. The molecule has 1 amide bonds. The molecule has 3 rings (SSSR count). The van der Waals surface area contributed by atoms with E-state index in [-0.39, 0.29) is 45.2 Å². The second kappa shape index (κ2) is 8.32. The summed E-state index contributed by atoms with van der Waals surface area (Å²) < 4.78 is 28.8. The number of aromatic nitrogens is 1. The predicted molar refractivity (Wildman–Crippen MR) is 101 cm³/mol. The van der Waals surface area contributed by atoms with Crippen molar-refractivity contribution < 1.29 is 22.7 Å². The summed E-state index contributed by atoms with van der Waals surface area (Å²) in [6.07, 6.45) is 5.33. The van der Waals surface area contributed by atoms with Gasteiger partial charge in [0.15, 0.2) is 16.4 Å². The number of halogens is 2. The molecule has 1 unspecified atom stereocenters. The SMILES string of the molecule is O=C(OCC(=O)N(C1CCCC1)C1CCS(=O)(=O)C1)c1cnc(Cl)c(Cl)c1. The van der Waals surface area contributed by atoms with E-state index in [9.17, 15) is 18.0 Å². The van der Waals surface area contributed by atoms with E-state index in [1.54, 1.807) is 4.90 Å². The highest BCUT2D eigenvalue weighted by molar-refractivity contribution is 7.91. The summed E-state index contributed by atoms with van der Waals surface area (Å²) in [5, 5.41) is 0.181. The van der Waals surface area contributed by atoms with Gasteiger partial charge in [-0.2, -0.15) is 0 Å². The molecule has 27 heavy (non-hydrogen) atoms. The molecular weight excluding hydrogens is 415 g/mol. The van der Waals surface area contributed by atoms with Crippen LogP contribution < -0.4 is 0 Å². The van der Waals surface area contributed by atoms with Crippen LogP contribution in [0.25, 0.3) is 0 Å². The van der Waals surface area contributed by atoms with Crippen LogP contribution in [0.2, 0.25) is 10.2 Å². The van der Waals surface area contributed by atoms with Crippen LogP contribution >= 0.6 is 23.2 Å². The molecule has 0 N–H and O–H groups in total. The predicted octanol–water partition coefficient (Wildman–Crippen LogP) is 2.50. The number of hydrogen-bond donors (Lipinski definition) is 0. The second-order valence-corrected chi connectivity index (χ2v) is 9.86. The highest BCUT2D eigenvalue weighted by atomic mass is 35.5. The molecule has 1 saturated heterocycles. The summed E-state index contributed by atoms with van der Waals surface area (Å²) in [5.41, 5.74) is 0.0908. The zero-order chi connectivity index (χ0) is 19.6. The summed E-state index contributed by atoms with van der Waals surface area (Å²) in [5.74, 6) is -1.05. The first kappa shape index (κ1) is 20.4. The van der Waals surface area contributed by atoms with Crippen molar-refractivity contribution in [2.75, 3.05) is 18.1 Å². The maximum absolute atomic E-state index is 12.8. The van der Waals surface area contributed by atoms with Crippen molar-refractivity contribution in [3.8, 4) is 0 Å². The average Bonchev–Trinajstić information content (AvgIpc) is 3.25. The number of amides is 1. The average molecular weight is 435 g/mol. The molecule has 0 bridgehead atoms. The van der Waals surface area contributed by atoms with E-state index in [0.717, 1.165) is 25.7 Å². The maximum Gasteiger partial charge on any atom is 0.340 e. The van der Waals surface area contributed by atoms with E-state index in [2.05, 4.69) is 4.98 Å². The second-order valence-electron chi connectivity index (χ2n) is 6.87. The lowest BCUT2D eigenvalue weighted by Crippen LogP contribution is -2.48. The Balaban J connectivity index is 1.67. The normalized spacial score (nSPS) is 21.9. The summed E-state index contributed by atoms with van der Waals surface area (Å²) in [4.78, 5) is 30.3. The van der Waals surface area contributed by atoms with Gasteiger partial charge in [0.1, 0.15) is 5.15 Å². The molecule has 1 atom stereocenters. The van der Waals surface area contributed by atoms with Gasteiger partial charge < -0.3 is 9.64 Å². The van der Waals surface area contributed by atoms with Crippen LogP contribution in [0.3, 0.4) is 0 Å². The van der Waals surface area contributed by atoms with Crippen molar-refractivity contribution in [3.05, 3.63) is 28.0 Å². The number of sulfone groups is 1. The molecule has 1 aliphatic heterocycles. The van der Waals surface area contributed by atoms with Gasteiger partial charge in [-0.25, -0.2) is 18.2 Å². The lowest BCUT2D eigenvalue weighted by Gasteiger charge is -2.33. The molecule has 0 radical (unpaired) electrons. The number of nitrogens with zero attached hydrogens (tertiary/aromatic N) is 2. The summed E-state index contributed by atoms with van der Waals surface area (Å²) in [6.45, 7) is -0.452. The van der Waals surface area contributed by atoms with Crippen molar-refractivity contribution in [2.45, 2.75) is 44.2 Å². The standard InChI is InChI=1S/C17H20Cl2N2O5S/c18-14-7-11(8-20-16(14)19)17(23)26-9-15(22)21(12-3-1-2-4-12)13-5-6-27(24,25)10-13/h7-8,12-13H,1-6,9-10H2. The molecule has 0 aromatic carbocycles. The molecule has 0 spiro atoms. The Morgan fingerprint density at radius 3 is 2.48 bits per heavy atom. The van der Waals surface area contributed by atoms with Crippen molar-refractivity contribution >= 4 is 44.9 Å². The third kappa shape index (κ3) is 4.92. The van der Waals surface area contributed by atoms with Gasteiger partial charge in [0.05, 0.1) is 22.1 Å². The quantitative estimate of drug-likeness (QED) is 0.521. The van der Waals surface area contributed by atoms with Gasteiger partial charge in [0, 0.05) is 18.3 Å². The Hall–Kier alpha value is -1.38. The molecule has 1 aliphatic carbocycles. The molecule has 10 heteroatoms. The van der Waals surface area contributed by atoms with Crippen molar-refractivity contribution in [1.82, 2.24) is 9.88 Å². The van der Waals surface area contributed by atoms with Gasteiger partial charge in [-0.3, -0.25) is 4.79 Å². The largest absolute Gasteiger partial charge is 0.452 e. The fraction of sp³-hybridized carbons (Fsp3) is 0.588. The Bertz CT molecular complexity index is 840. The lowest BCUT2D eigenvalue weighted by atomic mass is 10.1. The zero-order valence-corrected chi connectivity index (χ0v) is 16.9. The molecule has 2 aliphatic rings. The highest BCUT2D eigenvalue weighted by Crippen LogP contribution is 2.29. The van der Waals surface area contributed by atoms with Crippen LogP contribution in [0.15, 0.2) is 12.3 Å². The van der Waals surface area contributed by atoms with Crippen LogP contribution in [0.1, 0.15) is 42.5 Å². The number of esters is 1. The van der Waals surface area contributed by atoms with Gasteiger partial charge in [-0.1, -0.05) is 36.0 Å². The third-order valence-corrected chi connectivity index (χ3v) is 7.40. The first-order chi connectivity index (χ1) is 12.8. The van der Waals surface area contributed by atoms with Gasteiger partial charge in [-0.05, 0) is 25.3 Å². The number of carbonyl (C=O) groups is 2. The van der Waals surface area contributed by atoms with Gasteiger partial charge >= 0.3 is 5.97 Å². The van der Waals surface area contributed by atoms with Gasteiger partial charge in [0.25, 0.3) is 5.91 Å². The monoisotopic (exact) mass is 434 g/mol. The minimum atomic E-state index is -3.12. The number of ether oxygens (including phenoxy) is 1. The molecule has 7 nitrogen and oxygen atoms in total. The van der Waals surface area contributed by atoms with Crippen LogP contribution in [0, 0.1) is 0 Å². The van der Waals surface area contributed by atoms with Crippen molar-refractivity contribution in [2.24, 2.45) is 0 Å². The van der Waals surface area contributed by atoms with Crippen molar-refractivity contribution in [3.63, 3.8) is 0 Å². The van der Waals surface area contributed by atoms with Crippen LogP contribution in [0.5, 0.6) is 0 Å². The number of rotatable bonds is 5. The summed E-state index contributed by atoms with van der Waals surface area (Å²) in [7, 11) is -3.12. The Morgan fingerprint density at radius 1 is 1.19 bits per heavy atom. The Kier molecular flexibility index (Phi) is 6.28. The Labute approximate surface area is 167 Å². The molecule has 2 heterocycles. The molecule has 148 valence electrons. The number of pyridine rings is 1. The topological polar surface area (TPSA) is 93.6 Å². The molecule has 1 aromatic heterocycles. The van der Waals surface area contributed by atoms with Gasteiger partial charge in [-0.15, -0.1) is 0 Å². The molecular formula is C17H20Cl2N2O5S. The number of hydrogen-bond acceptors (Lipinski definition) is 6. The third-order valence-electron chi connectivity index (χ3n) is 4.97. The number of carbonyl (C=O) groups excluding carboxylic acids is 2. The maximum atomic E-state index is 12.8. The fourth-order valence-electron chi connectivity index (χ4n) is 3.70. The summed E-state index contributed by atoms with van der Waals surface area (Å²) >= 11 is 11.6. The Morgan fingerprint density at radius 2 is 1.89 bits per heavy atom. The lowest BCUT2D eigenvalue weighted by molar-refractivity contribution is -0.139. The van der Waals surface area contributed by atoms with E-state index >= 15 is 0 Å².